The van der Waals surface area contributed by atoms with E-state index in [0.717, 1.165) is 46.2 Å². The Labute approximate surface area is 180 Å². The third-order valence-electron chi connectivity index (χ3n) is 4.83. The molecule has 0 atom stereocenters. The Bertz CT molecular complexity index is 1080. The fraction of sp³-hybridized carbons (Fsp3) is 0.318. The number of aromatic nitrogens is 2. The summed E-state index contributed by atoms with van der Waals surface area (Å²) in [5, 5.41) is 0.523. The molecular formula is C22H24N4O3S. The van der Waals surface area contributed by atoms with Gasteiger partial charge in [-0.3, -0.25) is 0 Å². The Balaban J connectivity index is 1.45. The summed E-state index contributed by atoms with van der Waals surface area (Å²) in [7, 11) is 2.00. The van der Waals surface area contributed by atoms with Crippen LogP contribution in [-0.4, -0.2) is 41.0 Å². The predicted octanol–water partition coefficient (Wildman–Crippen LogP) is 4.88. The van der Waals surface area contributed by atoms with Gasteiger partial charge in [-0.2, -0.15) is 9.36 Å². The van der Waals surface area contributed by atoms with Crippen molar-refractivity contribution >= 4 is 23.6 Å². The van der Waals surface area contributed by atoms with Crippen LogP contribution in [0.4, 0.5) is 5.69 Å². The first-order valence-corrected chi connectivity index (χ1v) is 10.5. The highest BCUT2D eigenvalue weighted by atomic mass is 32.1. The van der Waals surface area contributed by atoms with Crippen LogP contribution in [-0.2, 0) is 6.42 Å². The van der Waals surface area contributed by atoms with Gasteiger partial charge in [-0.05, 0) is 61.7 Å². The SMILES string of the molecule is CCN(C)/C=N\c1cc(C)c(Oc2nc(Cc3ccc4c(c3)OCO4)ns2)cc1C. The zero-order valence-corrected chi connectivity index (χ0v) is 18.3. The van der Waals surface area contributed by atoms with Crippen molar-refractivity contribution in [2.24, 2.45) is 4.99 Å². The summed E-state index contributed by atoms with van der Waals surface area (Å²) in [4.78, 5) is 11.1. The van der Waals surface area contributed by atoms with Gasteiger partial charge in [0.25, 0.3) is 5.19 Å². The number of aliphatic imine (C=N–C) groups is 1. The van der Waals surface area contributed by atoms with Gasteiger partial charge in [0.15, 0.2) is 17.3 Å². The highest BCUT2D eigenvalue weighted by Gasteiger charge is 2.15. The molecule has 2 aromatic carbocycles. The minimum Gasteiger partial charge on any atom is -0.454 e. The van der Waals surface area contributed by atoms with E-state index in [-0.39, 0.29) is 6.79 Å². The summed E-state index contributed by atoms with van der Waals surface area (Å²) in [6.45, 7) is 7.30. The lowest BCUT2D eigenvalue weighted by Gasteiger charge is -2.11. The molecule has 1 aliphatic rings. The second kappa shape index (κ2) is 8.71. The van der Waals surface area contributed by atoms with Gasteiger partial charge in [0.1, 0.15) is 5.75 Å². The molecule has 0 amide bonds. The minimum absolute atomic E-state index is 0.268. The van der Waals surface area contributed by atoms with Crippen LogP contribution in [0.2, 0.25) is 0 Å². The van der Waals surface area contributed by atoms with E-state index in [1.54, 1.807) is 0 Å². The largest absolute Gasteiger partial charge is 0.454 e. The molecule has 3 aromatic rings. The summed E-state index contributed by atoms with van der Waals surface area (Å²) in [5.74, 6) is 3.01. The van der Waals surface area contributed by atoms with Crippen LogP contribution in [0.25, 0.3) is 0 Å². The van der Waals surface area contributed by atoms with Gasteiger partial charge in [0.05, 0.1) is 12.0 Å². The van der Waals surface area contributed by atoms with Crippen LogP contribution in [0.15, 0.2) is 35.3 Å². The van der Waals surface area contributed by atoms with Crippen molar-refractivity contribution < 1.29 is 14.2 Å². The first kappa shape index (κ1) is 20.2. The van der Waals surface area contributed by atoms with Gasteiger partial charge in [0.2, 0.25) is 6.79 Å². The van der Waals surface area contributed by atoms with Gasteiger partial charge in [-0.15, -0.1) is 0 Å². The lowest BCUT2D eigenvalue weighted by molar-refractivity contribution is 0.174. The number of hydrogen-bond acceptors (Lipinski definition) is 7. The van der Waals surface area contributed by atoms with Crippen LogP contribution in [0, 0.1) is 13.8 Å². The molecule has 1 aromatic heterocycles. The number of ether oxygens (including phenoxy) is 3. The normalized spacial score (nSPS) is 12.5. The van der Waals surface area contributed by atoms with Crippen molar-refractivity contribution in [2.75, 3.05) is 20.4 Å². The molecule has 2 heterocycles. The quantitative estimate of drug-likeness (QED) is 0.398. The number of rotatable bonds is 7. The molecule has 0 aliphatic carbocycles. The van der Waals surface area contributed by atoms with Crippen LogP contribution >= 0.6 is 11.5 Å². The highest BCUT2D eigenvalue weighted by Crippen LogP contribution is 2.34. The van der Waals surface area contributed by atoms with Gasteiger partial charge in [-0.1, -0.05) is 6.07 Å². The van der Waals surface area contributed by atoms with E-state index in [4.69, 9.17) is 14.2 Å². The first-order valence-electron chi connectivity index (χ1n) is 9.76. The Hall–Kier alpha value is -3.13. The monoisotopic (exact) mass is 424 g/mol. The van der Waals surface area contributed by atoms with Crippen LogP contribution in [0.1, 0.15) is 29.4 Å². The Morgan fingerprint density at radius 3 is 2.83 bits per heavy atom. The zero-order chi connectivity index (χ0) is 21.1. The van der Waals surface area contributed by atoms with Crippen molar-refractivity contribution in [3.8, 4) is 22.4 Å². The average molecular weight is 425 g/mol. The molecular weight excluding hydrogens is 400 g/mol. The molecule has 0 unspecified atom stereocenters. The van der Waals surface area contributed by atoms with E-state index < -0.39 is 0 Å². The van der Waals surface area contributed by atoms with Gasteiger partial charge in [0, 0.05) is 31.5 Å². The third-order valence-corrected chi connectivity index (χ3v) is 5.47. The summed E-state index contributed by atoms with van der Waals surface area (Å²) >= 11 is 1.25. The topological polar surface area (TPSA) is 69.1 Å². The lowest BCUT2D eigenvalue weighted by atomic mass is 10.1. The number of nitrogens with zero attached hydrogens (tertiary/aromatic N) is 4. The smallest absolute Gasteiger partial charge is 0.298 e. The molecule has 0 saturated heterocycles. The van der Waals surface area contributed by atoms with E-state index in [9.17, 15) is 0 Å². The standard InChI is InChI=1S/C22H24N4O3S/c1-5-26(4)12-23-17-8-15(3)19(9-14(17)2)29-22-24-21(25-30-22)11-16-6-7-18-20(10-16)28-13-27-18/h6-10,12H,5,11,13H2,1-4H3/b23-12-. The molecule has 30 heavy (non-hydrogen) atoms. The zero-order valence-electron chi connectivity index (χ0n) is 17.5. The molecule has 7 nitrogen and oxygen atoms in total. The Kier molecular flexibility index (Phi) is 5.85. The van der Waals surface area contributed by atoms with Gasteiger partial charge < -0.3 is 19.1 Å². The van der Waals surface area contributed by atoms with Crippen molar-refractivity contribution in [2.45, 2.75) is 27.2 Å². The van der Waals surface area contributed by atoms with E-state index in [0.29, 0.717) is 17.4 Å². The molecule has 0 spiro atoms. The lowest BCUT2D eigenvalue weighted by Crippen LogP contribution is -2.14. The second-order valence-corrected chi connectivity index (χ2v) is 7.88. The molecule has 1 aliphatic heterocycles. The summed E-state index contributed by atoms with van der Waals surface area (Å²) in [5.41, 5.74) is 4.04. The minimum atomic E-state index is 0.268. The fourth-order valence-electron chi connectivity index (χ4n) is 2.94. The number of aryl methyl sites for hydroxylation is 2. The fourth-order valence-corrected chi connectivity index (χ4v) is 3.51. The first-order chi connectivity index (χ1) is 14.5. The molecule has 4 rings (SSSR count). The van der Waals surface area contributed by atoms with E-state index >= 15 is 0 Å². The van der Waals surface area contributed by atoms with E-state index in [1.165, 1.54) is 11.5 Å². The van der Waals surface area contributed by atoms with Crippen LogP contribution in [0.3, 0.4) is 0 Å². The molecule has 8 heteroatoms. The summed E-state index contributed by atoms with van der Waals surface area (Å²) in [6.07, 6.45) is 2.45. The number of hydrogen-bond donors (Lipinski definition) is 0. The van der Waals surface area contributed by atoms with Crippen molar-refractivity contribution in [1.82, 2.24) is 14.3 Å². The van der Waals surface area contributed by atoms with E-state index in [2.05, 4.69) is 21.3 Å². The maximum absolute atomic E-state index is 6.02. The maximum Gasteiger partial charge on any atom is 0.298 e. The number of fused-ring (bicyclic) bond motifs is 1. The summed E-state index contributed by atoms with van der Waals surface area (Å²) in [6, 6.07) is 9.90. The predicted molar refractivity (Wildman–Crippen MR) is 118 cm³/mol. The average Bonchev–Trinajstić information content (AvgIpc) is 3.38. The molecule has 0 N–H and O–H groups in total. The maximum atomic E-state index is 6.02. The molecule has 156 valence electrons. The van der Waals surface area contributed by atoms with E-state index in [1.807, 2.05) is 62.5 Å². The Morgan fingerprint density at radius 1 is 1.17 bits per heavy atom. The molecule has 0 saturated carbocycles. The van der Waals surface area contributed by atoms with Gasteiger partial charge in [-0.25, -0.2) is 4.99 Å². The van der Waals surface area contributed by atoms with Crippen molar-refractivity contribution in [1.29, 1.82) is 0 Å². The second-order valence-electron chi connectivity index (χ2n) is 7.16. The number of benzene rings is 2. The molecule has 0 fully saturated rings. The van der Waals surface area contributed by atoms with Crippen molar-refractivity contribution in [3.05, 3.63) is 52.8 Å². The third kappa shape index (κ3) is 4.54. The molecule has 0 radical (unpaired) electrons. The Morgan fingerprint density at radius 2 is 2.00 bits per heavy atom. The molecule has 0 bridgehead atoms. The van der Waals surface area contributed by atoms with Crippen LogP contribution in [0.5, 0.6) is 22.4 Å². The van der Waals surface area contributed by atoms with Crippen molar-refractivity contribution in [3.63, 3.8) is 0 Å². The highest BCUT2D eigenvalue weighted by molar-refractivity contribution is 7.07. The van der Waals surface area contributed by atoms with Crippen LogP contribution < -0.4 is 14.2 Å². The summed E-state index contributed by atoms with van der Waals surface area (Å²) < 4.78 is 21.2. The van der Waals surface area contributed by atoms with Gasteiger partial charge >= 0.3 is 0 Å².